The molecule has 4 unspecified atom stereocenters. The highest BCUT2D eigenvalue weighted by Gasteiger charge is 2.42. The molecule has 14 heteroatoms. The molecule has 1 fully saturated rings. The molecule has 4 atom stereocenters. The number of cyclic esters (lactones) is 2. The highest BCUT2D eigenvalue weighted by Crippen LogP contribution is 2.32. The number of methoxy groups -OCH3 is 1. The van der Waals surface area contributed by atoms with Crippen LogP contribution < -0.4 is 14.8 Å². The van der Waals surface area contributed by atoms with Gasteiger partial charge in [-0.1, -0.05) is 67.4 Å². The van der Waals surface area contributed by atoms with E-state index in [4.69, 9.17) is 46.9 Å². The van der Waals surface area contributed by atoms with Crippen molar-refractivity contribution < 1.29 is 47.7 Å². The van der Waals surface area contributed by atoms with E-state index in [1.54, 1.807) is 38.1 Å². The molecule has 1 saturated heterocycles. The van der Waals surface area contributed by atoms with E-state index in [1.165, 1.54) is 44.5 Å². The number of nitrogens with zero attached hydrogens (tertiary/aromatic N) is 1. The molecule has 2 heterocycles. The summed E-state index contributed by atoms with van der Waals surface area (Å²) in [4.78, 5) is 70.0. The third kappa shape index (κ3) is 8.78. The van der Waals surface area contributed by atoms with Crippen molar-refractivity contribution in [1.82, 2.24) is 10.3 Å². The number of esters is 4. The monoisotopic (exact) mass is 686 g/mol. The number of nitrogens with one attached hydrogen (secondary N) is 1. The van der Waals surface area contributed by atoms with Gasteiger partial charge in [-0.15, -0.1) is 0 Å². The van der Waals surface area contributed by atoms with Crippen LogP contribution in [0.15, 0.2) is 60.8 Å². The molecule has 2 aromatic carbocycles. The number of carbonyl (C=O) groups excluding carboxylic acids is 5. The van der Waals surface area contributed by atoms with Crippen LogP contribution in [0.25, 0.3) is 0 Å². The van der Waals surface area contributed by atoms with Gasteiger partial charge in [-0.05, 0) is 37.1 Å². The lowest BCUT2D eigenvalue weighted by atomic mass is 9.91. The maximum absolute atomic E-state index is 13.5. The Morgan fingerprint density at radius 1 is 1.04 bits per heavy atom. The Labute approximate surface area is 280 Å². The second-order valence-corrected chi connectivity index (χ2v) is 11.7. The van der Waals surface area contributed by atoms with Crippen LogP contribution in [0.3, 0.4) is 0 Å². The fraction of sp³-hybridized carbons (Fsp3) is 0.333. The van der Waals surface area contributed by atoms with Crippen molar-refractivity contribution in [1.29, 1.82) is 0 Å². The van der Waals surface area contributed by atoms with Crippen LogP contribution in [0, 0.1) is 11.8 Å². The van der Waals surface area contributed by atoms with Crippen molar-refractivity contribution in [3.05, 3.63) is 87.7 Å². The average Bonchev–Trinajstić information content (AvgIpc) is 3.07. The van der Waals surface area contributed by atoms with E-state index in [0.717, 1.165) is 5.56 Å². The van der Waals surface area contributed by atoms with Crippen LogP contribution in [0.5, 0.6) is 11.5 Å². The summed E-state index contributed by atoms with van der Waals surface area (Å²) in [6.07, 6.45) is -0.957. The Morgan fingerprint density at radius 2 is 1.77 bits per heavy atom. The molecule has 0 radical (unpaired) electrons. The van der Waals surface area contributed by atoms with E-state index in [1.807, 2.05) is 6.07 Å². The summed E-state index contributed by atoms with van der Waals surface area (Å²) in [5, 5.41) is 2.73. The van der Waals surface area contributed by atoms with Gasteiger partial charge in [-0.25, -0.2) is 14.6 Å². The lowest BCUT2D eigenvalue weighted by Gasteiger charge is -2.29. The third-order valence-electron chi connectivity index (χ3n) is 7.12. The minimum absolute atomic E-state index is 0.00331. The predicted molar refractivity (Wildman–Crippen MR) is 168 cm³/mol. The summed E-state index contributed by atoms with van der Waals surface area (Å²) in [6, 6.07) is 13.0. The Bertz CT molecular complexity index is 1650. The molecule has 1 aliphatic heterocycles. The first-order chi connectivity index (χ1) is 22.4. The normalized spacial score (nSPS) is 19.7. The minimum Gasteiger partial charge on any atom is -0.493 e. The van der Waals surface area contributed by atoms with Gasteiger partial charge in [0.15, 0.2) is 23.6 Å². The number of amides is 1. The van der Waals surface area contributed by atoms with Gasteiger partial charge in [-0.2, -0.15) is 0 Å². The lowest BCUT2D eigenvalue weighted by molar-refractivity contribution is -0.176. The molecule has 47 heavy (non-hydrogen) atoms. The van der Waals surface area contributed by atoms with E-state index in [9.17, 15) is 24.0 Å². The van der Waals surface area contributed by atoms with E-state index in [-0.39, 0.29) is 28.5 Å². The zero-order valence-corrected chi connectivity index (χ0v) is 27.4. The number of pyridine rings is 1. The number of rotatable bonds is 9. The first-order valence-electron chi connectivity index (χ1n) is 14.5. The summed E-state index contributed by atoms with van der Waals surface area (Å²) in [5.74, 6) is -6.23. The first kappa shape index (κ1) is 35.2. The zero-order valence-electron chi connectivity index (χ0n) is 25.9. The third-order valence-corrected chi connectivity index (χ3v) is 7.67. The molecule has 248 valence electrons. The van der Waals surface area contributed by atoms with Gasteiger partial charge < -0.3 is 29.0 Å². The number of hydrogen-bond acceptors (Lipinski definition) is 11. The quantitative estimate of drug-likeness (QED) is 0.247. The van der Waals surface area contributed by atoms with Gasteiger partial charge in [0.1, 0.15) is 18.6 Å². The molecule has 12 nitrogen and oxygen atoms in total. The number of aromatic nitrogens is 1. The first-order valence-corrected chi connectivity index (χ1v) is 15.3. The Morgan fingerprint density at radius 3 is 2.43 bits per heavy atom. The topological polar surface area (TPSA) is 156 Å². The molecule has 0 saturated carbocycles. The maximum atomic E-state index is 13.5. The molecule has 0 aliphatic carbocycles. The van der Waals surface area contributed by atoms with Gasteiger partial charge in [0.25, 0.3) is 5.91 Å². The Kier molecular flexibility index (Phi) is 11.8. The van der Waals surface area contributed by atoms with Crippen molar-refractivity contribution >= 4 is 53.0 Å². The van der Waals surface area contributed by atoms with Crippen LogP contribution >= 0.6 is 23.2 Å². The fourth-order valence-corrected chi connectivity index (χ4v) is 5.12. The molecule has 4 rings (SSSR count). The molecular formula is C33H32Cl2N2O10. The summed E-state index contributed by atoms with van der Waals surface area (Å²) in [5.41, 5.74) is 0.279. The van der Waals surface area contributed by atoms with Crippen molar-refractivity contribution in [2.24, 2.45) is 11.8 Å². The van der Waals surface area contributed by atoms with Crippen molar-refractivity contribution in [3.8, 4) is 11.5 Å². The number of benzene rings is 2. The maximum Gasteiger partial charge on any atom is 0.345 e. The molecule has 1 aromatic heterocycles. The second kappa shape index (κ2) is 15.7. The molecule has 1 N–H and O–H groups in total. The van der Waals surface area contributed by atoms with Crippen molar-refractivity contribution in [2.45, 2.75) is 45.4 Å². The Hall–Kier alpha value is -4.68. The molecule has 0 bridgehead atoms. The minimum atomic E-state index is -1.52. The van der Waals surface area contributed by atoms with Gasteiger partial charge in [-0.3, -0.25) is 14.4 Å². The van der Waals surface area contributed by atoms with Crippen LogP contribution in [0.1, 0.15) is 47.2 Å². The van der Waals surface area contributed by atoms with E-state index < -0.39 is 72.2 Å². The number of ether oxygens (including phenoxy) is 5. The largest absolute Gasteiger partial charge is 0.493 e. The van der Waals surface area contributed by atoms with E-state index >= 15 is 0 Å². The van der Waals surface area contributed by atoms with Crippen LogP contribution in [0.4, 0.5) is 0 Å². The average molecular weight is 688 g/mol. The molecule has 0 spiro atoms. The SMILES string of the molecule is COc1ccnc(C(=O)NC2COC(=O)C(Cc3ccccc3)C(OC(=O)C(C)C)C(C)OC2=O)c1OC(=O)c1ccc(Cl)cc1Cl. The summed E-state index contributed by atoms with van der Waals surface area (Å²) < 4.78 is 27.6. The van der Waals surface area contributed by atoms with Crippen molar-refractivity contribution in [3.63, 3.8) is 0 Å². The highest BCUT2D eigenvalue weighted by atomic mass is 35.5. The van der Waals surface area contributed by atoms with E-state index in [0.29, 0.717) is 5.02 Å². The van der Waals surface area contributed by atoms with Crippen LogP contribution in [-0.4, -0.2) is 66.7 Å². The van der Waals surface area contributed by atoms with Gasteiger partial charge in [0.2, 0.25) is 5.75 Å². The van der Waals surface area contributed by atoms with Crippen LogP contribution in [-0.2, 0) is 35.0 Å². The summed E-state index contributed by atoms with van der Waals surface area (Å²) in [7, 11) is 1.29. The smallest absolute Gasteiger partial charge is 0.345 e. The summed E-state index contributed by atoms with van der Waals surface area (Å²) >= 11 is 12.1. The van der Waals surface area contributed by atoms with Gasteiger partial charge in [0, 0.05) is 17.3 Å². The summed E-state index contributed by atoms with van der Waals surface area (Å²) in [6.45, 7) is 4.12. The fourth-order valence-electron chi connectivity index (χ4n) is 4.63. The van der Waals surface area contributed by atoms with Crippen molar-refractivity contribution in [2.75, 3.05) is 13.7 Å². The number of hydrogen-bond donors (Lipinski definition) is 1. The lowest BCUT2D eigenvalue weighted by Crippen LogP contribution is -2.47. The van der Waals surface area contributed by atoms with Gasteiger partial charge >= 0.3 is 23.9 Å². The molecular weight excluding hydrogens is 655 g/mol. The molecule has 1 aliphatic rings. The molecule has 3 aromatic rings. The number of carbonyl (C=O) groups is 5. The molecule has 1 amide bonds. The zero-order chi connectivity index (χ0) is 34.2. The number of halogens is 2. The second-order valence-electron chi connectivity index (χ2n) is 10.9. The highest BCUT2D eigenvalue weighted by molar-refractivity contribution is 6.36. The van der Waals surface area contributed by atoms with Gasteiger partial charge in [0.05, 0.1) is 23.6 Å². The van der Waals surface area contributed by atoms with E-state index in [2.05, 4.69) is 10.3 Å². The Balaban J connectivity index is 1.60. The standard InChI is InChI=1S/C33H32Cl2N2O10/c1-17(2)30(39)46-27-18(3)45-33(42)24(16-44-31(40)22(27)14-19-8-6-5-7-9-19)37-29(38)26-28(25(43-4)12-13-36-26)47-32(41)21-11-10-20(34)15-23(21)35/h5-13,15,17-18,22,24,27H,14,16H2,1-4H3,(H,37,38). The van der Waals surface area contributed by atoms with Crippen LogP contribution in [0.2, 0.25) is 10.0 Å². The predicted octanol–water partition coefficient (Wildman–Crippen LogP) is 4.63.